The molecule has 4 heteroatoms. The van der Waals surface area contributed by atoms with Crippen LogP contribution < -0.4 is 11.3 Å². The maximum Gasteiger partial charge on any atom is 0.141 e. The fourth-order valence-corrected chi connectivity index (χ4v) is 2.57. The Labute approximate surface area is 123 Å². The monoisotopic (exact) mass is 292 g/mol. The zero-order valence-corrected chi connectivity index (χ0v) is 12.3. The minimum Gasteiger partial charge on any atom is -0.271 e. The Morgan fingerprint density at radius 1 is 1.20 bits per heavy atom. The number of halogens is 2. The zero-order valence-electron chi connectivity index (χ0n) is 11.6. The second-order valence-corrected chi connectivity index (χ2v) is 5.37. The van der Waals surface area contributed by atoms with Gasteiger partial charge in [-0.3, -0.25) is 11.3 Å². The minimum atomic E-state index is -0.418. The lowest BCUT2D eigenvalue weighted by molar-refractivity contribution is 0.547. The van der Waals surface area contributed by atoms with E-state index in [0.29, 0.717) is 0 Å². The normalized spacial score (nSPS) is 12.4. The summed E-state index contributed by atoms with van der Waals surface area (Å²) in [7, 11) is 0. The van der Waals surface area contributed by atoms with E-state index in [1.807, 2.05) is 6.07 Å². The quantitative estimate of drug-likeness (QED) is 0.664. The SMILES string of the molecule is Cc1cccc(C)c1CC(NN)c1ccc(F)c(Cl)c1. The highest BCUT2D eigenvalue weighted by molar-refractivity contribution is 6.30. The van der Waals surface area contributed by atoms with E-state index < -0.39 is 5.82 Å². The van der Waals surface area contributed by atoms with E-state index in [4.69, 9.17) is 17.4 Å². The number of hydrogen-bond donors (Lipinski definition) is 2. The Morgan fingerprint density at radius 2 is 1.85 bits per heavy atom. The van der Waals surface area contributed by atoms with Crippen LogP contribution in [0.15, 0.2) is 36.4 Å². The predicted octanol–water partition coefficient (Wildman–Crippen LogP) is 3.84. The van der Waals surface area contributed by atoms with Crippen LogP contribution in [0.2, 0.25) is 5.02 Å². The fourth-order valence-electron chi connectivity index (χ4n) is 2.38. The summed E-state index contributed by atoms with van der Waals surface area (Å²) in [5, 5.41) is 0.115. The molecule has 0 bridgehead atoms. The molecule has 20 heavy (non-hydrogen) atoms. The van der Waals surface area contributed by atoms with Gasteiger partial charge in [0.05, 0.1) is 11.1 Å². The van der Waals surface area contributed by atoms with Gasteiger partial charge in [-0.1, -0.05) is 35.9 Å². The van der Waals surface area contributed by atoms with Crippen LogP contribution >= 0.6 is 11.6 Å². The Hall–Kier alpha value is -1.42. The molecule has 0 heterocycles. The average Bonchev–Trinajstić information content (AvgIpc) is 2.42. The standard InChI is InChI=1S/C16H18ClFN2/c1-10-4-3-5-11(2)13(10)9-16(20-19)12-6-7-15(18)14(17)8-12/h3-8,16,20H,9,19H2,1-2H3. The summed E-state index contributed by atoms with van der Waals surface area (Å²) in [5.74, 6) is 5.24. The minimum absolute atomic E-state index is 0.104. The van der Waals surface area contributed by atoms with Gasteiger partial charge in [-0.15, -0.1) is 0 Å². The van der Waals surface area contributed by atoms with Gasteiger partial charge in [0.1, 0.15) is 5.82 Å². The molecule has 106 valence electrons. The molecule has 0 aliphatic rings. The van der Waals surface area contributed by atoms with Crippen LogP contribution in [0.25, 0.3) is 0 Å². The molecule has 0 spiro atoms. The average molecular weight is 293 g/mol. The van der Waals surface area contributed by atoms with E-state index in [2.05, 4.69) is 31.4 Å². The van der Waals surface area contributed by atoms with Crippen molar-refractivity contribution in [2.75, 3.05) is 0 Å². The van der Waals surface area contributed by atoms with Gasteiger partial charge in [-0.25, -0.2) is 4.39 Å². The number of aryl methyl sites for hydroxylation is 2. The molecule has 0 amide bonds. The second-order valence-electron chi connectivity index (χ2n) is 4.97. The molecule has 0 aliphatic carbocycles. The first kappa shape index (κ1) is 15.0. The van der Waals surface area contributed by atoms with Crippen LogP contribution in [0, 0.1) is 19.7 Å². The summed E-state index contributed by atoms with van der Waals surface area (Å²) < 4.78 is 13.2. The van der Waals surface area contributed by atoms with Gasteiger partial charge < -0.3 is 0 Å². The number of rotatable bonds is 4. The van der Waals surface area contributed by atoms with Crippen molar-refractivity contribution in [2.24, 2.45) is 5.84 Å². The molecular weight excluding hydrogens is 275 g/mol. The smallest absolute Gasteiger partial charge is 0.141 e. The van der Waals surface area contributed by atoms with Crippen molar-refractivity contribution in [3.05, 3.63) is 69.5 Å². The lowest BCUT2D eigenvalue weighted by Crippen LogP contribution is -2.30. The molecule has 0 radical (unpaired) electrons. The molecule has 0 saturated heterocycles. The molecule has 3 N–H and O–H groups in total. The van der Waals surface area contributed by atoms with Crippen LogP contribution in [-0.4, -0.2) is 0 Å². The highest BCUT2D eigenvalue weighted by Gasteiger charge is 2.15. The largest absolute Gasteiger partial charge is 0.271 e. The molecule has 0 aromatic heterocycles. The first-order chi connectivity index (χ1) is 9.52. The van der Waals surface area contributed by atoms with Gasteiger partial charge in [0, 0.05) is 0 Å². The first-order valence-electron chi connectivity index (χ1n) is 6.49. The number of hydrogen-bond acceptors (Lipinski definition) is 2. The van der Waals surface area contributed by atoms with E-state index in [1.165, 1.54) is 22.8 Å². The zero-order chi connectivity index (χ0) is 14.7. The Kier molecular flexibility index (Phi) is 4.76. The molecule has 1 atom stereocenters. The van der Waals surface area contributed by atoms with E-state index in [-0.39, 0.29) is 11.1 Å². The van der Waals surface area contributed by atoms with Crippen LogP contribution in [0.5, 0.6) is 0 Å². The van der Waals surface area contributed by atoms with Gasteiger partial charge in [0.2, 0.25) is 0 Å². The number of nitrogens with one attached hydrogen (secondary N) is 1. The van der Waals surface area contributed by atoms with Crippen LogP contribution in [-0.2, 0) is 6.42 Å². The Bertz CT molecular complexity index is 593. The van der Waals surface area contributed by atoms with Gasteiger partial charge in [-0.2, -0.15) is 0 Å². The van der Waals surface area contributed by atoms with E-state index in [0.717, 1.165) is 12.0 Å². The van der Waals surface area contributed by atoms with E-state index >= 15 is 0 Å². The van der Waals surface area contributed by atoms with Crippen molar-refractivity contribution in [1.29, 1.82) is 0 Å². The molecule has 1 unspecified atom stereocenters. The molecule has 0 saturated carbocycles. The maximum atomic E-state index is 13.2. The van der Waals surface area contributed by atoms with Crippen LogP contribution in [0.1, 0.15) is 28.3 Å². The van der Waals surface area contributed by atoms with Gasteiger partial charge in [0.15, 0.2) is 0 Å². The van der Waals surface area contributed by atoms with Crippen molar-refractivity contribution >= 4 is 11.6 Å². The third-order valence-corrected chi connectivity index (χ3v) is 3.89. The third kappa shape index (κ3) is 3.18. The molecule has 2 nitrogen and oxygen atoms in total. The molecule has 2 aromatic rings. The van der Waals surface area contributed by atoms with Crippen molar-refractivity contribution < 1.29 is 4.39 Å². The summed E-state index contributed by atoms with van der Waals surface area (Å²) in [4.78, 5) is 0. The highest BCUT2D eigenvalue weighted by Crippen LogP contribution is 2.25. The third-order valence-electron chi connectivity index (χ3n) is 3.60. The summed E-state index contributed by atoms with van der Waals surface area (Å²) in [6, 6.07) is 10.8. The first-order valence-corrected chi connectivity index (χ1v) is 6.87. The van der Waals surface area contributed by atoms with E-state index in [1.54, 1.807) is 12.1 Å². The Balaban J connectivity index is 2.31. The van der Waals surface area contributed by atoms with Crippen LogP contribution in [0.4, 0.5) is 4.39 Å². The summed E-state index contributed by atoms with van der Waals surface area (Å²) in [5.41, 5.74) is 7.35. The van der Waals surface area contributed by atoms with Crippen molar-refractivity contribution in [3.8, 4) is 0 Å². The summed E-state index contributed by atoms with van der Waals surface area (Å²) >= 11 is 5.84. The lowest BCUT2D eigenvalue weighted by atomic mass is 9.93. The highest BCUT2D eigenvalue weighted by atomic mass is 35.5. The molecule has 0 fully saturated rings. The molecule has 2 aromatic carbocycles. The maximum absolute atomic E-state index is 13.2. The van der Waals surface area contributed by atoms with Crippen molar-refractivity contribution in [2.45, 2.75) is 26.3 Å². The van der Waals surface area contributed by atoms with Gasteiger partial charge in [-0.05, 0) is 54.7 Å². The number of nitrogens with two attached hydrogens (primary N) is 1. The van der Waals surface area contributed by atoms with Crippen molar-refractivity contribution in [3.63, 3.8) is 0 Å². The predicted molar refractivity (Wildman–Crippen MR) is 81.1 cm³/mol. The van der Waals surface area contributed by atoms with Gasteiger partial charge in [0.25, 0.3) is 0 Å². The molecular formula is C16H18ClFN2. The molecule has 0 aliphatic heterocycles. The summed E-state index contributed by atoms with van der Waals surface area (Å²) in [6.45, 7) is 4.15. The lowest BCUT2D eigenvalue weighted by Gasteiger charge is -2.19. The fraction of sp³-hybridized carbons (Fsp3) is 0.250. The van der Waals surface area contributed by atoms with Crippen molar-refractivity contribution in [1.82, 2.24) is 5.43 Å². The number of benzene rings is 2. The van der Waals surface area contributed by atoms with E-state index in [9.17, 15) is 4.39 Å². The number of hydrazine groups is 1. The Morgan fingerprint density at radius 3 is 2.40 bits per heavy atom. The van der Waals surface area contributed by atoms with Crippen LogP contribution in [0.3, 0.4) is 0 Å². The summed E-state index contributed by atoms with van der Waals surface area (Å²) in [6.07, 6.45) is 0.733. The second kappa shape index (κ2) is 6.35. The topological polar surface area (TPSA) is 38.0 Å². The van der Waals surface area contributed by atoms with Gasteiger partial charge >= 0.3 is 0 Å². The molecule has 2 rings (SSSR count).